The number of rotatable bonds is 3. The highest BCUT2D eigenvalue weighted by Crippen LogP contribution is 2.25. The Labute approximate surface area is 161 Å². The monoisotopic (exact) mass is 381 g/mol. The average Bonchev–Trinajstić information content (AvgIpc) is 2.62. The number of halogens is 2. The molecule has 1 aliphatic rings. The van der Waals surface area contributed by atoms with Crippen LogP contribution in [0.3, 0.4) is 0 Å². The number of hydrogen-bond acceptors (Lipinski definition) is 3. The molecule has 1 atom stereocenters. The summed E-state index contributed by atoms with van der Waals surface area (Å²) < 4.78 is 0. The molecule has 1 unspecified atom stereocenters. The van der Waals surface area contributed by atoms with Crippen molar-refractivity contribution in [2.75, 3.05) is 19.6 Å². The Hall–Kier alpha value is -1.62. The third-order valence-electron chi connectivity index (χ3n) is 4.55. The number of amides is 1. The predicted octanol–water partition coefficient (Wildman–Crippen LogP) is 3.58. The molecule has 3 rings (SSSR count). The van der Waals surface area contributed by atoms with E-state index in [1.807, 2.05) is 17.9 Å². The molecule has 1 aromatic carbocycles. The van der Waals surface area contributed by atoms with Gasteiger partial charge in [0.15, 0.2) is 0 Å². The number of carbonyl (C=O) groups excluding carboxylic acids is 1. The van der Waals surface area contributed by atoms with Crippen molar-refractivity contribution in [2.24, 2.45) is 0 Å². The fourth-order valence-corrected chi connectivity index (χ4v) is 3.06. The maximum atomic E-state index is 13.0. The highest BCUT2D eigenvalue weighted by Gasteiger charge is 2.29. The van der Waals surface area contributed by atoms with Gasteiger partial charge in [-0.15, -0.1) is 24.8 Å². The van der Waals surface area contributed by atoms with E-state index in [9.17, 15) is 4.79 Å². The molecule has 0 saturated carbocycles. The first-order chi connectivity index (χ1) is 11.2. The summed E-state index contributed by atoms with van der Waals surface area (Å²) in [7, 11) is 0. The van der Waals surface area contributed by atoms with Gasteiger partial charge in [0.1, 0.15) is 0 Å². The molecule has 1 amide bonds. The van der Waals surface area contributed by atoms with Crippen molar-refractivity contribution in [3.63, 3.8) is 0 Å². The minimum atomic E-state index is 0. The fourth-order valence-electron chi connectivity index (χ4n) is 3.06. The van der Waals surface area contributed by atoms with Crippen molar-refractivity contribution in [1.82, 2.24) is 15.2 Å². The normalized spacial score (nSPS) is 16.6. The first-order valence-corrected chi connectivity index (χ1v) is 8.22. The van der Waals surface area contributed by atoms with E-state index < -0.39 is 0 Å². The molecule has 6 heteroatoms. The number of nitrogens with one attached hydrogen (secondary N) is 1. The summed E-state index contributed by atoms with van der Waals surface area (Å²) in [5.41, 5.74) is 4.18. The van der Waals surface area contributed by atoms with Gasteiger partial charge in [0.2, 0.25) is 0 Å². The second-order valence-electron chi connectivity index (χ2n) is 6.00. The van der Waals surface area contributed by atoms with Crippen LogP contribution >= 0.6 is 24.8 Å². The van der Waals surface area contributed by atoms with E-state index >= 15 is 0 Å². The number of pyridine rings is 1. The van der Waals surface area contributed by atoms with Gasteiger partial charge in [-0.3, -0.25) is 9.78 Å². The van der Waals surface area contributed by atoms with E-state index in [1.54, 1.807) is 12.4 Å². The van der Waals surface area contributed by atoms with E-state index in [0.29, 0.717) is 12.1 Å². The van der Waals surface area contributed by atoms with Crippen molar-refractivity contribution in [1.29, 1.82) is 0 Å². The zero-order valence-corrected chi connectivity index (χ0v) is 16.2. The Morgan fingerprint density at radius 2 is 1.96 bits per heavy atom. The molecule has 136 valence electrons. The lowest BCUT2D eigenvalue weighted by atomic mass is 9.99. The lowest BCUT2D eigenvalue weighted by Crippen LogP contribution is -2.48. The molecule has 1 aromatic heterocycles. The third-order valence-corrected chi connectivity index (χ3v) is 4.55. The molecule has 25 heavy (non-hydrogen) atoms. The van der Waals surface area contributed by atoms with Crippen LogP contribution in [-0.2, 0) is 6.42 Å². The summed E-state index contributed by atoms with van der Waals surface area (Å²) in [6.45, 7) is 6.44. The van der Waals surface area contributed by atoms with Gasteiger partial charge < -0.3 is 10.2 Å². The van der Waals surface area contributed by atoms with Crippen LogP contribution in [0.2, 0.25) is 0 Å². The summed E-state index contributed by atoms with van der Waals surface area (Å²) in [4.78, 5) is 19.1. The Kier molecular flexibility index (Phi) is 8.36. The van der Waals surface area contributed by atoms with Gasteiger partial charge in [-0.1, -0.05) is 31.2 Å². The van der Waals surface area contributed by atoms with E-state index in [-0.39, 0.29) is 36.8 Å². The zero-order valence-electron chi connectivity index (χ0n) is 14.6. The smallest absolute Gasteiger partial charge is 0.256 e. The molecule has 0 bridgehead atoms. The second-order valence-corrected chi connectivity index (χ2v) is 6.00. The quantitative estimate of drug-likeness (QED) is 0.883. The largest absolute Gasteiger partial charge is 0.329 e. The molecule has 0 radical (unpaired) electrons. The lowest BCUT2D eigenvalue weighted by molar-refractivity contribution is 0.0633. The second kappa shape index (κ2) is 9.76. The maximum Gasteiger partial charge on any atom is 0.256 e. The molecule has 1 aliphatic heterocycles. The Morgan fingerprint density at radius 3 is 2.60 bits per heavy atom. The Bertz CT molecular complexity index is 691. The predicted molar refractivity (Wildman–Crippen MR) is 106 cm³/mol. The van der Waals surface area contributed by atoms with Crippen LogP contribution in [0.15, 0.2) is 42.7 Å². The van der Waals surface area contributed by atoms with Gasteiger partial charge >= 0.3 is 0 Å². The molecular formula is C19H25Cl2N3O. The van der Waals surface area contributed by atoms with Crippen LogP contribution in [0.5, 0.6) is 0 Å². The van der Waals surface area contributed by atoms with Crippen molar-refractivity contribution < 1.29 is 4.79 Å². The van der Waals surface area contributed by atoms with Gasteiger partial charge in [0.05, 0.1) is 11.6 Å². The summed E-state index contributed by atoms with van der Waals surface area (Å²) >= 11 is 0. The fraction of sp³-hybridized carbons (Fsp3) is 0.368. The van der Waals surface area contributed by atoms with Crippen molar-refractivity contribution in [2.45, 2.75) is 26.3 Å². The van der Waals surface area contributed by atoms with Crippen LogP contribution in [0.25, 0.3) is 0 Å². The summed E-state index contributed by atoms with van der Waals surface area (Å²) in [6, 6.07) is 10.6. The first kappa shape index (κ1) is 21.4. The number of piperazine rings is 1. The van der Waals surface area contributed by atoms with Crippen LogP contribution < -0.4 is 5.32 Å². The van der Waals surface area contributed by atoms with Gasteiger partial charge in [0.25, 0.3) is 5.91 Å². The van der Waals surface area contributed by atoms with Gasteiger partial charge in [-0.05, 0) is 36.1 Å². The lowest BCUT2D eigenvalue weighted by Gasteiger charge is -2.37. The van der Waals surface area contributed by atoms with Crippen LogP contribution in [0, 0.1) is 6.92 Å². The molecule has 1 saturated heterocycles. The number of aromatic nitrogens is 1. The Morgan fingerprint density at radius 1 is 1.24 bits per heavy atom. The summed E-state index contributed by atoms with van der Waals surface area (Å²) in [5, 5.41) is 3.40. The van der Waals surface area contributed by atoms with E-state index in [2.05, 4.69) is 41.5 Å². The summed E-state index contributed by atoms with van der Waals surface area (Å²) in [6.07, 6.45) is 4.43. The van der Waals surface area contributed by atoms with Crippen LogP contribution in [0.4, 0.5) is 0 Å². The molecule has 2 heterocycles. The molecule has 2 aromatic rings. The van der Waals surface area contributed by atoms with Gasteiger partial charge in [-0.25, -0.2) is 0 Å². The first-order valence-electron chi connectivity index (χ1n) is 8.22. The molecule has 4 nitrogen and oxygen atoms in total. The van der Waals surface area contributed by atoms with Gasteiger partial charge in [-0.2, -0.15) is 0 Å². The van der Waals surface area contributed by atoms with E-state index in [4.69, 9.17) is 0 Å². The molecule has 0 aliphatic carbocycles. The minimum absolute atomic E-state index is 0. The number of benzene rings is 1. The number of hydrogen-bond donors (Lipinski definition) is 1. The molecule has 1 fully saturated rings. The van der Waals surface area contributed by atoms with Crippen LogP contribution in [-0.4, -0.2) is 35.4 Å². The standard InChI is InChI=1S/C19H23N3O.2ClH/c1-3-15-4-6-16(7-5-15)18-13-21-10-11-22(18)19(23)17-12-20-9-8-14(17)2;;/h4-9,12,18,21H,3,10-11,13H2,1-2H3;2*1H. The number of carbonyl (C=O) groups is 1. The SMILES string of the molecule is CCc1ccc(C2CNCCN2C(=O)c2cnccc2C)cc1.Cl.Cl. The summed E-state index contributed by atoms with van der Waals surface area (Å²) in [5.74, 6) is 0.0710. The average molecular weight is 382 g/mol. The zero-order chi connectivity index (χ0) is 16.2. The van der Waals surface area contributed by atoms with Crippen molar-refractivity contribution >= 4 is 30.7 Å². The van der Waals surface area contributed by atoms with Crippen LogP contribution in [0.1, 0.15) is 40.0 Å². The molecule has 0 spiro atoms. The highest BCUT2D eigenvalue weighted by molar-refractivity contribution is 5.95. The van der Waals surface area contributed by atoms with Gasteiger partial charge in [0, 0.05) is 32.0 Å². The number of nitrogens with zero attached hydrogens (tertiary/aromatic N) is 2. The topological polar surface area (TPSA) is 45.2 Å². The Balaban J connectivity index is 0.00000156. The van der Waals surface area contributed by atoms with E-state index in [0.717, 1.165) is 25.1 Å². The van der Waals surface area contributed by atoms with Crippen molar-refractivity contribution in [3.8, 4) is 0 Å². The van der Waals surface area contributed by atoms with Crippen molar-refractivity contribution in [3.05, 3.63) is 65.0 Å². The highest BCUT2D eigenvalue weighted by atomic mass is 35.5. The molecular weight excluding hydrogens is 357 g/mol. The minimum Gasteiger partial charge on any atom is -0.329 e. The third kappa shape index (κ3) is 4.72. The molecule has 1 N–H and O–H groups in total. The maximum absolute atomic E-state index is 13.0. The number of aryl methyl sites for hydroxylation is 2. The van der Waals surface area contributed by atoms with E-state index in [1.165, 1.54) is 11.1 Å².